The van der Waals surface area contributed by atoms with Gasteiger partial charge in [0.15, 0.2) is 11.5 Å². The summed E-state index contributed by atoms with van der Waals surface area (Å²) in [6, 6.07) is 18.3. The highest BCUT2D eigenvalue weighted by Crippen LogP contribution is 2.31. The lowest BCUT2D eigenvalue weighted by molar-refractivity contribution is 0.0154. The largest absolute Gasteiger partial charge is 0.490 e. The van der Waals surface area contributed by atoms with E-state index >= 15 is 0 Å². The Morgan fingerprint density at radius 2 is 1.66 bits per heavy atom. The van der Waals surface area contributed by atoms with Gasteiger partial charge in [0.05, 0.1) is 35.8 Å². The second kappa shape index (κ2) is 10.8. The smallest absolute Gasteiger partial charge is 0.257 e. The van der Waals surface area contributed by atoms with Crippen molar-refractivity contribution in [2.45, 2.75) is 46.8 Å². The predicted molar refractivity (Wildman–Crippen MR) is 126 cm³/mol. The number of aromatic nitrogens is 1. The van der Waals surface area contributed by atoms with Gasteiger partial charge in [-0.3, -0.25) is 9.78 Å². The van der Waals surface area contributed by atoms with E-state index in [1.54, 1.807) is 30.3 Å². The van der Waals surface area contributed by atoms with Crippen LogP contribution in [0.1, 0.15) is 55.5 Å². The normalized spacial score (nSPS) is 11.8. The number of aryl methyl sites for hydroxylation is 1. The minimum atomic E-state index is -0.214. The molecule has 2 aromatic carbocycles. The highest BCUT2D eigenvalue weighted by atomic mass is 16.5. The minimum absolute atomic E-state index is 0.106. The molecular weight excluding hydrogens is 404 g/mol. The number of amides is 1. The maximum atomic E-state index is 12.8. The Morgan fingerprint density at radius 1 is 0.969 bits per heavy atom. The zero-order valence-electron chi connectivity index (χ0n) is 19.2. The van der Waals surface area contributed by atoms with Gasteiger partial charge in [-0.05, 0) is 83.1 Å². The molecule has 3 aromatic rings. The summed E-state index contributed by atoms with van der Waals surface area (Å²) in [5.41, 5.74) is 2.66. The Morgan fingerprint density at radius 3 is 2.28 bits per heavy atom. The standard InChI is InChI=1S/C26H30N2O4/c1-6-30-24-9-7-8-10-25(24)32-21-13-11-20(12-14-21)28-26(29)22-15-16-23(27-18(22)4)19(5)31-17(2)3/h7-17,19H,6H2,1-5H3,(H,28,29). The van der Waals surface area contributed by atoms with E-state index in [9.17, 15) is 4.79 Å². The Bertz CT molecular complexity index is 1050. The second-order valence-electron chi connectivity index (χ2n) is 7.66. The average molecular weight is 435 g/mol. The summed E-state index contributed by atoms with van der Waals surface area (Å²) in [5, 5.41) is 2.91. The van der Waals surface area contributed by atoms with Crippen molar-refractivity contribution in [2.24, 2.45) is 0 Å². The zero-order chi connectivity index (χ0) is 23.1. The summed E-state index contributed by atoms with van der Waals surface area (Å²) in [4.78, 5) is 17.3. The van der Waals surface area contributed by atoms with Crippen LogP contribution in [0.2, 0.25) is 0 Å². The maximum absolute atomic E-state index is 12.8. The van der Waals surface area contributed by atoms with E-state index in [-0.39, 0.29) is 18.1 Å². The lowest BCUT2D eigenvalue weighted by atomic mass is 10.1. The van der Waals surface area contributed by atoms with E-state index < -0.39 is 0 Å². The highest BCUT2D eigenvalue weighted by molar-refractivity contribution is 6.05. The topological polar surface area (TPSA) is 69.7 Å². The van der Waals surface area contributed by atoms with Crippen molar-refractivity contribution in [3.8, 4) is 17.2 Å². The first-order chi connectivity index (χ1) is 15.4. The third-order valence-corrected chi connectivity index (χ3v) is 4.73. The SMILES string of the molecule is CCOc1ccccc1Oc1ccc(NC(=O)c2ccc(C(C)OC(C)C)nc2C)cc1. The Balaban J connectivity index is 1.66. The third-order valence-electron chi connectivity index (χ3n) is 4.73. The fourth-order valence-corrected chi connectivity index (χ4v) is 3.27. The Labute approximate surface area is 189 Å². The Hall–Kier alpha value is -3.38. The number of carbonyl (C=O) groups excluding carboxylic acids is 1. The van der Waals surface area contributed by atoms with Gasteiger partial charge in [0.25, 0.3) is 5.91 Å². The molecule has 0 spiro atoms. The van der Waals surface area contributed by atoms with Crippen molar-refractivity contribution in [1.82, 2.24) is 4.98 Å². The fraction of sp³-hybridized carbons (Fsp3) is 0.308. The third kappa shape index (κ3) is 6.08. The summed E-state index contributed by atoms with van der Waals surface area (Å²) in [5.74, 6) is 1.77. The van der Waals surface area contributed by atoms with Crippen molar-refractivity contribution >= 4 is 11.6 Å². The van der Waals surface area contributed by atoms with Crippen LogP contribution in [0, 0.1) is 6.92 Å². The maximum Gasteiger partial charge on any atom is 0.257 e. The molecule has 0 saturated heterocycles. The van der Waals surface area contributed by atoms with Crippen LogP contribution in [0.3, 0.4) is 0 Å². The van der Waals surface area contributed by atoms with E-state index in [1.807, 2.05) is 65.0 Å². The van der Waals surface area contributed by atoms with E-state index in [2.05, 4.69) is 10.3 Å². The molecule has 0 bridgehead atoms. The van der Waals surface area contributed by atoms with Crippen LogP contribution < -0.4 is 14.8 Å². The van der Waals surface area contributed by atoms with Gasteiger partial charge in [-0.1, -0.05) is 12.1 Å². The van der Waals surface area contributed by atoms with Crippen molar-refractivity contribution in [2.75, 3.05) is 11.9 Å². The lowest BCUT2D eigenvalue weighted by Gasteiger charge is -2.17. The van der Waals surface area contributed by atoms with Crippen molar-refractivity contribution < 1.29 is 19.0 Å². The highest BCUT2D eigenvalue weighted by Gasteiger charge is 2.15. The van der Waals surface area contributed by atoms with Crippen LogP contribution >= 0.6 is 0 Å². The van der Waals surface area contributed by atoms with Gasteiger partial charge in [0.2, 0.25) is 0 Å². The number of ether oxygens (including phenoxy) is 3. The molecule has 1 heterocycles. The van der Waals surface area contributed by atoms with E-state index in [4.69, 9.17) is 14.2 Å². The molecule has 0 fully saturated rings. The molecule has 0 aliphatic heterocycles. The number of benzene rings is 2. The van der Waals surface area contributed by atoms with Crippen LogP contribution in [-0.2, 0) is 4.74 Å². The van der Waals surface area contributed by atoms with Crippen molar-refractivity contribution in [3.05, 3.63) is 77.6 Å². The van der Waals surface area contributed by atoms with Gasteiger partial charge >= 0.3 is 0 Å². The van der Waals surface area contributed by atoms with Gasteiger partial charge in [-0.2, -0.15) is 0 Å². The van der Waals surface area contributed by atoms with E-state index in [0.29, 0.717) is 40.8 Å². The molecule has 32 heavy (non-hydrogen) atoms. The molecule has 0 radical (unpaired) electrons. The minimum Gasteiger partial charge on any atom is -0.490 e. The summed E-state index contributed by atoms with van der Waals surface area (Å²) >= 11 is 0. The summed E-state index contributed by atoms with van der Waals surface area (Å²) in [6.07, 6.45) is -0.0269. The molecule has 1 amide bonds. The van der Waals surface area contributed by atoms with Gasteiger partial charge in [0, 0.05) is 5.69 Å². The number of rotatable bonds is 9. The molecule has 0 aliphatic rings. The molecule has 1 N–H and O–H groups in total. The van der Waals surface area contributed by atoms with Crippen molar-refractivity contribution in [1.29, 1.82) is 0 Å². The van der Waals surface area contributed by atoms with Gasteiger partial charge in [-0.15, -0.1) is 0 Å². The van der Waals surface area contributed by atoms with Crippen LogP contribution in [0.25, 0.3) is 0 Å². The second-order valence-corrected chi connectivity index (χ2v) is 7.66. The van der Waals surface area contributed by atoms with E-state index in [0.717, 1.165) is 5.69 Å². The summed E-state index contributed by atoms with van der Waals surface area (Å²) in [7, 11) is 0. The number of para-hydroxylation sites is 2. The number of pyridine rings is 1. The summed E-state index contributed by atoms with van der Waals surface area (Å²) in [6.45, 7) is 10.2. The predicted octanol–water partition coefficient (Wildman–Crippen LogP) is 6.32. The van der Waals surface area contributed by atoms with Crippen LogP contribution in [0.15, 0.2) is 60.7 Å². The quantitative estimate of drug-likeness (QED) is 0.427. The van der Waals surface area contributed by atoms with Crippen molar-refractivity contribution in [3.63, 3.8) is 0 Å². The molecule has 1 unspecified atom stereocenters. The molecule has 6 nitrogen and oxygen atoms in total. The molecule has 1 aromatic heterocycles. The molecule has 0 saturated carbocycles. The van der Waals surface area contributed by atoms with Gasteiger partial charge < -0.3 is 19.5 Å². The first kappa shape index (κ1) is 23.3. The number of hydrogen-bond acceptors (Lipinski definition) is 5. The molecule has 0 aliphatic carbocycles. The number of carbonyl (C=O) groups is 1. The number of anilines is 1. The van der Waals surface area contributed by atoms with E-state index in [1.165, 1.54) is 0 Å². The number of nitrogens with one attached hydrogen (secondary N) is 1. The van der Waals surface area contributed by atoms with Crippen LogP contribution in [0.4, 0.5) is 5.69 Å². The zero-order valence-corrected chi connectivity index (χ0v) is 19.2. The first-order valence-corrected chi connectivity index (χ1v) is 10.8. The molecule has 3 rings (SSSR count). The molecule has 168 valence electrons. The van der Waals surface area contributed by atoms with Gasteiger partial charge in [0.1, 0.15) is 5.75 Å². The summed E-state index contributed by atoms with van der Waals surface area (Å²) < 4.78 is 17.3. The van der Waals surface area contributed by atoms with Gasteiger partial charge in [-0.25, -0.2) is 0 Å². The first-order valence-electron chi connectivity index (χ1n) is 10.8. The number of hydrogen-bond donors (Lipinski definition) is 1. The monoisotopic (exact) mass is 434 g/mol. The van der Waals surface area contributed by atoms with Crippen LogP contribution in [-0.4, -0.2) is 23.6 Å². The fourth-order valence-electron chi connectivity index (χ4n) is 3.27. The number of nitrogens with zero attached hydrogens (tertiary/aromatic N) is 1. The average Bonchev–Trinajstić information content (AvgIpc) is 2.76. The molecule has 1 atom stereocenters. The molecular formula is C26H30N2O4. The van der Waals surface area contributed by atoms with Crippen LogP contribution in [0.5, 0.6) is 17.2 Å². The lowest BCUT2D eigenvalue weighted by Crippen LogP contribution is -2.16. The Kier molecular flexibility index (Phi) is 7.84. The molecule has 6 heteroatoms.